The van der Waals surface area contributed by atoms with Gasteiger partial charge in [-0.05, 0) is 43.9 Å². The van der Waals surface area contributed by atoms with Crippen molar-refractivity contribution in [3.05, 3.63) is 35.4 Å². The Morgan fingerprint density at radius 2 is 1.88 bits per heavy atom. The Hall–Kier alpha value is -1.38. The van der Waals surface area contributed by atoms with E-state index in [2.05, 4.69) is 47.6 Å². The predicted molar refractivity (Wildman–Crippen MR) is 107 cm³/mol. The molecule has 0 aromatic heterocycles. The molecule has 2 rings (SSSR count). The van der Waals surface area contributed by atoms with Gasteiger partial charge in [-0.15, -0.1) is 0 Å². The maximum Gasteiger partial charge on any atom is 0.120 e. The highest BCUT2D eigenvalue weighted by molar-refractivity contribution is 5.37. The second-order valence-corrected chi connectivity index (χ2v) is 8.30. The van der Waals surface area contributed by atoms with Gasteiger partial charge >= 0.3 is 0 Å². The van der Waals surface area contributed by atoms with E-state index in [-0.39, 0.29) is 6.61 Å². The first kappa shape index (κ1) is 20.9. The summed E-state index contributed by atoms with van der Waals surface area (Å²) in [7, 11) is 0. The summed E-state index contributed by atoms with van der Waals surface area (Å²) in [4.78, 5) is 5.02. The maximum atomic E-state index is 9.69. The van der Waals surface area contributed by atoms with Crippen LogP contribution >= 0.6 is 0 Å². The smallest absolute Gasteiger partial charge is 0.120 e. The first-order valence-electron chi connectivity index (χ1n) is 9.68. The van der Waals surface area contributed by atoms with E-state index in [1.807, 2.05) is 12.1 Å². The van der Waals surface area contributed by atoms with Crippen LogP contribution in [0.15, 0.2) is 24.3 Å². The molecule has 144 valence electrons. The summed E-state index contributed by atoms with van der Waals surface area (Å²) in [5.41, 5.74) is 1.24. The predicted octanol–water partition coefficient (Wildman–Crippen LogP) is 2.33. The van der Waals surface area contributed by atoms with Crippen molar-refractivity contribution in [2.75, 3.05) is 32.8 Å². The van der Waals surface area contributed by atoms with Crippen LogP contribution in [-0.4, -0.2) is 64.4 Å². The minimum Gasteiger partial charge on any atom is -0.396 e. The van der Waals surface area contributed by atoms with E-state index in [0.29, 0.717) is 12.0 Å². The van der Waals surface area contributed by atoms with Gasteiger partial charge in [0.1, 0.15) is 5.60 Å². The van der Waals surface area contributed by atoms with Crippen molar-refractivity contribution >= 4 is 0 Å². The lowest BCUT2D eigenvalue weighted by Gasteiger charge is -2.42. The monoisotopic (exact) mass is 358 g/mol. The zero-order valence-electron chi connectivity index (χ0n) is 16.7. The van der Waals surface area contributed by atoms with E-state index in [1.165, 1.54) is 5.56 Å². The van der Waals surface area contributed by atoms with Gasteiger partial charge in [0.15, 0.2) is 0 Å². The molecule has 2 N–H and O–H groups in total. The number of piperazine rings is 1. The highest BCUT2D eigenvalue weighted by atomic mass is 16.3. The summed E-state index contributed by atoms with van der Waals surface area (Å²) in [5.74, 6) is 6.51. The Labute approximate surface area is 158 Å². The lowest BCUT2D eigenvalue weighted by atomic mass is 10.0. The number of nitrogens with zero attached hydrogens (tertiary/aromatic N) is 2. The van der Waals surface area contributed by atoms with E-state index in [9.17, 15) is 10.2 Å². The van der Waals surface area contributed by atoms with E-state index in [4.69, 9.17) is 0 Å². The van der Waals surface area contributed by atoms with Crippen molar-refractivity contribution < 1.29 is 10.2 Å². The molecule has 0 amide bonds. The molecule has 1 aliphatic rings. The second-order valence-electron chi connectivity index (χ2n) is 8.30. The fourth-order valence-electron chi connectivity index (χ4n) is 3.41. The first-order valence-corrected chi connectivity index (χ1v) is 9.68. The summed E-state index contributed by atoms with van der Waals surface area (Å²) < 4.78 is 0. The Bertz CT molecular complexity index is 608. The standard InChI is InChI=1S/C22H34N2O2/c1-18(2)15-24-13-12-23(17-21(24)10-14-25)16-20-7-5-19(6-8-20)9-11-22(3,4)26/h5-8,18,21,25-26H,10,12-17H2,1-4H3/t21-/m1/s1. The van der Waals surface area contributed by atoms with Crippen LogP contribution in [0.5, 0.6) is 0 Å². The topological polar surface area (TPSA) is 46.9 Å². The van der Waals surface area contributed by atoms with E-state index >= 15 is 0 Å². The molecule has 1 heterocycles. The summed E-state index contributed by atoms with van der Waals surface area (Å²) in [5, 5.41) is 19.1. The molecule has 1 atom stereocenters. The largest absolute Gasteiger partial charge is 0.396 e. The van der Waals surface area contributed by atoms with E-state index < -0.39 is 5.60 Å². The van der Waals surface area contributed by atoms with Gasteiger partial charge in [0.25, 0.3) is 0 Å². The molecule has 0 spiro atoms. The normalized spacial score (nSPS) is 19.4. The van der Waals surface area contributed by atoms with E-state index in [0.717, 1.165) is 44.7 Å². The van der Waals surface area contributed by atoms with Crippen LogP contribution < -0.4 is 0 Å². The lowest BCUT2D eigenvalue weighted by molar-refractivity contribution is 0.0477. The summed E-state index contributed by atoms with van der Waals surface area (Å²) >= 11 is 0. The molecular weight excluding hydrogens is 324 g/mol. The molecule has 0 bridgehead atoms. The minimum atomic E-state index is -0.962. The van der Waals surface area contributed by atoms with Crippen LogP contribution in [0, 0.1) is 17.8 Å². The van der Waals surface area contributed by atoms with Crippen LogP contribution in [0.25, 0.3) is 0 Å². The summed E-state index contributed by atoms with van der Waals surface area (Å²) in [6.45, 7) is 13.3. The van der Waals surface area contributed by atoms with Crippen molar-refractivity contribution in [1.29, 1.82) is 0 Å². The van der Waals surface area contributed by atoms with Crippen molar-refractivity contribution in [2.45, 2.75) is 52.3 Å². The fraction of sp³-hybridized carbons (Fsp3) is 0.636. The third kappa shape index (κ3) is 7.09. The van der Waals surface area contributed by atoms with Gasteiger partial charge in [0.2, 0.25) is 0 Å². The van der Waals surface area contributed by atoms with Gasteiger partial charge in [-0.2, -0.15) is 0 Å². The molecule has 1 aromatic rings. The van der Waals surface area contributed by atoms with Crippen LogP contribution in [0.3, 0.4) is 0 Å². The molecule has 26 heavy (non-hydrogen) atoms. The molecule has 1 aromatic carbocycles. The summed E-state index contributed by atoms with van der Waals surface area (Å²) in [6, 6.07) is 8.72. The quantitative estimate of drug-likeness (QED) is 0.767. The third-order valence-electron chi connectivity index (χ3n) is 4.62. The number of aliphatic hydroxyl groups is 2. The van der Waals surface area contributed by atoms with Gasteiger partial charge in [0, 0.05) is 50.9 Å². The molecule has 0 radical (unpaired) electrons. The van der Waals surface area contributed by atoms with Crippen molar-refractivity contribution in [2.24, 2.45) is 5.92 Å². The Balaban J connectivity index is 1.95. The number of hydrogen-bond donors (Lipinski definition) is 2. The number of hydrogen-bond acceptors (Lipinski definition) is 4. The SMILES string of the molecule is CC(C)CN1CCN(Cc2ccc(C#CC(C)(C)O)cc2)C[C@H]1CCO. The molecular formula is C22H34N2O2. The first-order chi connectivity index (χ1) is 12.3. The maximum absolute atomic E-state index is 9.69. The van der Waals surface area contributed by atoms with Gasteiger partial charge in [-0.1, -0.05) is 37.8 Å². The molecule has 0 aliphatic carbocycles. The van der Waals surface area contributed by atoms with Crippen LogP contribution in [0.1, 0.15) is 45.2 Å². The summed E-state index contributed by atoms with van der Waals surface area (Å²) in [6.07, 6.45) is 0.842. The molecule has 4 nitrogen and oxygen atoms in total. The number of rotatable bonds is 6. The lowest BCUT2D eigenvalue weighted by Crippen LogP contribution is -2.53. The Morgan fingerprint density at radius 1 is 1.19 bits per heavy atom. The highest BCUT2D eigenvalue weighted by Crippen LogP contribution is 2.17. The van der Waals surface area contributed by atoms with Crippen LogP contribution in [0.4, 0.5) is 0 Å². The average molecular weight is 359 g/mol. The van der Waals surface area contributed by atoms with Crippen molar-refractivity contribution in [1.82, 2.24) is 9.80 Å². The molecule has 1 fully saturated rings. The van der Waals surface area contributed by atoms with Gasteiger partial charge in [0.05, 0.1) is 0 Å². The average Bonchev–Trinajstić information content (AvgIpc) is 2.56. The third-order valence-corrected chi connectivity index (χ3v) is 4.62. The van der Waals surface area contributed by atoms with Gasteiger partial charge < -0.3 is 10.2 Å². The van der Waals surface area contributed by atoms with Crippen molar-refractivity contribution in [3.8, 4) is 11.8 Å². The van der Waals surface area contributed by atoms with Crippen molar-refractivity contribution in [3.63, 3.8) is 0 Å². The Kier molecular flexibility index (Phi) is 7.67. The Morgan fingerprint density at radius 3 is 2.46 bits per heavy atom. The number of benzene rings is 1. The van der Waals surface area contributed by atoms with Crippen LogP contribution in [0.2, 0.25) is 0 Å². The number of aliphatic hydroxyl groups excluding tert-OH is 1. The molecule has 1 saturated heterocycles. The zero-order chi connectivity index (χ0) is 19.2. The van der Waals surface area contributed by atoms with Gasteiger partial charge in [-0.3, -0.25) is 9.80 Å². The van der Waals surface area contributed by atoms with Crippen LogP contribution in [-0.2, 0) is 6.54 Å². The zero-order valence-corrected chi connectivity index (χ0v) is 16.7. The van der Waals surface area contributed by atoms with E-state index in [1.54, 1.807) is 13.8 Å². The minimum absolute atomic E-state index is 0.252. The molecule has 0 saturated carbocycles. The highest BCUT2D eigenvalue weighted by Gasteiger charge is 2.26. The molecule has 0 unspecified atom stereocenters. The fourth-order valence-corrected chi connectivity index (χ4v) is 3.41. The molecule has 4 heteroatoms. The second kappa shape index (κ2) is 9.53. The van der Waals surface area contributed by atoms with Gasteiger partial charge in [-0.25, -0.2) is 0 Å². The molecule has 1 aliphatic heterocycles.